The Labute approximate surface area is 172 Å². The molecule has 2 aromatic carbocycles. The third-order valence-corrected chi connectivity index (χ3v) is 8.07. The molecule has 30 heavy (non-hydrogen) atoms. The average molecular weight is 420 g/mol. The van der Waals surface area contributed by atoms with Gasteiger partial charge in [-0.25, -0.2) is 17.4 Å². The van der Waals surface area contributed by atoms with Crippen molar-refractivity contribution in [2.75, 3.05) is 0 Å². The van der Waals surface area contributed by atoms with E-state index < -0.39 is 27.2 Å². The van der Waals surface area contributed by atoms with E-state index in [2.05, 4.69) is 4.98 Å². The minimum atomic E-state index is -3.96. The Morgan fingerprint density at radius 2 is 1.63 bits per heavy atom. The minimum Gasteiger partial charge on any atom is -0.348 e. The largest absolute Gasteiger partial charge is 0.348 e. The topological polar surface area (TPSA) is 61.2 Å². The van der Waals surface area contributed by atoms with Gasteiger partial charge in [0.1, 0.15) is 11.2 Å². The SMILES string of the molecule is C[C@]12O[C@](C)(c3ccnc(F)c31)c1c2n(S(=O)(=O)c2ccccc2)c2ccccc12. The molecular formula is C23H17FN2O3S. The molecule has 2 atom stereocenters. The number of hydrogen-bond donors (Lipinski definition) is 0. The highest BCUT2D eigenvalue weighted by Gasteiger charge is 2.63. The Balaban J connectivity index is 1.80. The number of rotatable bonds is 2. The second kappa shape index (κ2) is 5.36. The van der Waals surface area contributed by atoms with Gasteiger partial charge >= 0.3 is 0 Å². The van der Waals surface area contributed by atoms with E-state index in [-0.39, 0.29) is 4.90 Å². The summed E-state index contributed by atoms with van der Waals surface area (Å²) in [7, 11) is -3.96. The molecule has 7 heteroatoms. The normalized spacial score (nSPS) is 24.2. The lowest BCUT2D eigenvalue weighted by Gasteiger charge is -2.25. The second-order valence-corrected chi connectivity index (χ2v) is 9.80. The smallest absolute Gasteiger partial charge is 0.268 e. The lowest BCUT2D eigenvalue weighted by atomic mass is 9.77. The van der Waals surface area contributed by atoms with Gasteiger partial charge in [-0.15, -0.1) is 0 Å². The number of hydrogen-bond acceptors (Lipinski definition) is 4. The van der Waals surface area contributed by atoms with Crippen LogP contribution in [0.4, 0.5) is 4.39 Å². The van der Waals surface area contributed by atoms with E-state index in [4.69, 9.17) is 4.74 Å². The van der Waals surface area contributed by atoms with E-state index >= 15 is 0 Å². The first-order valence-electron chi connectivity index (χ1n) is 9.61. The summed E-state index contributed by atoms with van der Waals surface area (Å²) in [4.78, 5) is 3.98. The van der Waals surface area contributed by atoms with Crippen LogP contribution in [0.25, 0.3) is 10.9 Å². The number of ether oxygens (including phenoxy) is 1. The van der Waals surface area contributed by atoms with Crippen LogP contribution in [-0.2, 0) is 26.0 Å². The summed E-state index contributed by atoms with van der Waals surface area (Å²) in [5.41, 5.74) is 0.483. The summed E-state index contributed by atoms with van der Waals surface area (Å²) in [5, 5.41) is 0.779. The molecule has 2 aromatic heterocycles. The molecular weight excluding hydrogens is 403 g/mol. The number of halogens is 1. The Morgan fingerprint density at radius 1 is 0.933 bits per heavy atom. The first kappa shape index (κ1) is 17.8. The molecule has 2 aliphatic heterocycles. The van der Waals surface area contributed by atoms with E-state index in [1.54, 1.807) is 55.5 Å². The van der Waals surface area contributed by atoms with Crippen molar-refractivity contribution < 1.29 is 17.5 Å². The third-order valence-electron chi connectivity index (χ3n) is 6.35. The van der Waals surface area contributed by atoms with Crippen molar-refractivity contribution >= 4 is 20.9 Å². The van der Waals surface area contributed by atoms with Gasteiger partial charge in [-0.3, -0.25) is 0 Å². The van der Waals surface area contributed by atoms with Gasteiger partial charge in [-0.1, -0.05) is 36.4 Å². The fraction of sp³-hybridized carbons (Fsp3) is 0.174. The fourth-order valence-electron chi connectivity index (χ4n) is 5.23. The zero-order chi connectivity index (χ0) is 20.9. The number of fused-ring (bicyclic) bond motifs is 10. The molecule has 0 spiro atoms. The van der Waals surface area contributed by atoms with Crippen LogP contribution in [0.15, 0.2) is 71.8 Å². The van der Waals surface area contributed by atoms with Crippen molar-refractivity contribution in [1.29, 1.82) is 0 Å². The highest BCUT2D eigenvalue weighted by Crippen LogP contribution is 2.63. The molecule has 6 rings (SSSR count). The summed E-state index contributed by atoms with van der Waals surface area (Å²) in [5.74, 6) is -0.640. The van der Waals surface area contributed by atoms with Gasteiger partial charge in [-0.05, 0) is 38.1 Å². The molecule has 150 valence electrons. The predicted octanol–water partition coefficient (Wildman–Crippen LogP) is 4.28. The molecule has 2 aliphatic rings. The summed E-state index contributed by atoms with van der Waals surface area (Å²) >= 11 is 0. The Kier molecular flexibility index (Phi) is 3.18. The molecule has 0 saturated heterocycles. The van der Waals surface area contributed by atoms with E-state index in [1.165, 1.54) is 10.2 Å². The van der Waals surface area contributed by atoms with Crippen LogP contribution in [0.5, 0.6) is 0 Å². The third kappa shape index (κ3) is 1.85. The quantitative estimate of drug-likeness (QED) is 0.454. The molecule has 0 saturated carbocycles. The van der Waals surface area contributed by atoms with E-state index in [0.717, 1.165) is 10.9 Å². The van der Waals surface area contributed by atoms with Gasteiger partial charge in [0, 0.05) is 22.7 Å². The highest BCUT2D eigenvalue weighted by molar-refractivity contribution is 7.90. The molecule has 4 heterocycles. The van der Waals surface area contributed by atoms with E-state index in [0.29, 0.717) is 22.3 Å². The van der Waals surface area contributed by atoms with Gasteiger partial charge in [0.15, 0.2) is 0 Å². The minimum absolute atomic E-state index is 0.164. The number of benzene rings is 2. The average Bonchev–Trinajstić information content (AvgIpc) is 3.30. The second-order valence-electron chi connectivity index (χ2n) is 8.02. The molecule has 0 N–H and O–H groups in total. The molecule has 0 aliphatic carbocycles. The van der Waals surface area contributed by atoms with Gasteiger partial charge in [0.25, 0.3) is 10.0 Å². The summed E-state index contributed by atoms with van der Waals surface area (Å²) in [6.07, 6.45) is 1.42. The van der Waals surface area contributed by atoms with Crippen molar-refractivity contribution in [2.45, 2.75) is 29.9 Å². The lowest BCUT2D eigenvalue weighted by Crippen LogP contribution is -2.29. The maximum atomic E-state index is 14.9. The molecule has 0 amide bonds. The van der Waals surface area contributed by atoms with Crippen molar-refractivity contribution in [1.82, 2.24) is 8.96 Å². The first-order valence-corrected chi connectivity index (χ1v) is 11.0. The zero-order valence-corrected chi connectivity index (χ0v) is 17.1. The van der Waals surface area contributed by atoms with Gasteiger partial charge in [0.2, 0.25) is 5.95 Å². The maximum absolute atomic E-state index is 14.9. The van der Waals surface area contributed by atoms with Crippen LogP contribution in [0.3, 0.4) is 0 Å². The van der Waals surface area contributed by atoms with E-state index in [1.807, 2.05) is 19.1 Å². The van der Waals surface area contributed by atoms with Gasteiger partial charge < -0.3 is 4.74 Å². The molecule has 0 fully saturated rings. The first-order chi connectivity index (χ1) is 14.3. The van der Waals surface area contributed by atoms with Crippen molar-refractivity contribution in [3.63, 3.8) is 0 Å². The molecule has 0 radical (unpaired) electrons. The maximum Gasteiger partial charge on any atom is 0.268 e. The van der Waals surface area contributed by atoms with Crippen LogP contribution in [0, 0.1) is 5.95 Å². The Morgan fingerprint density at radius 3 is 2.40 bits per heavy atom. The fourth-order valence-corrected chi connectivity index (χ4v) is 6.86. The molecule has 5 nitrogen and oxygen atoms in total. The Bertz CT molecular complexity index is 1480. The summed E-state index contributed by atoms with van der Waals surface area (Å²) in [6.45, 7) is 3.60. The van der Waals surface area contributed by atoms with Crippen LogP contribution in [0.2, 0.25) is 0 Å². The summed E-state index contributed by atoms with van der Waals surface area (Å²) < 4.78 is 50.2. The number of pyridine rings is 1. The van der Waals surface area contributed by atoms with Crippen LogP contribution in [-0.4, -0.2) is 17.4 Å². The van der Waals surface area contributed by atoms with Gasteiger partial charge in [-0.2, -0.15) is 4.39 Å². The van der Waals surface area contributed by atoms with Crippen molar-refractivity contribution in [3.8, 4) is 0 Å². The van der Waals surface area contributed by atoms with Crippen LogP contribution in [0.1, 0.15) is 36.2 Å². The Hall–Kier alpha value is -3.03. The zero-order valence-electron chi connectivity index (χ0n) is 16.3. The molecule has 2 bridgehead atoms. The van der Waals surface area contributed by atoms with Gasteiger partial charge in [0.05, 0.1) is 21.7 Å². The highest BCUT2D eigenvalue weighted by atomic mass is 32.2. The number of para-hydroxylation sites is 1. The lowest BCUT2D eigenvalue weighted by molar-refractivity contribution is -0.0540. The summed E-state index contributed by atoms with van der Waals surface area (Å²) in [6, 6.07) is 17.3. The van der Waals surface area contributed by atoms with Crippen molar-refractivity contribution in [2.24, 2.45) is 0 Å². The van der Waals surface area contributed by atoms with Crippen molar-refractivity contribution in [3.05, 3.63) is 95.2 Å². The molecule has 4 aromatic rings. The monoisotopic (exact) mass is 420 g/mol. The number of aromatic nitrogens is 2. The van der Waals surface area contributed by atoms with Crippen LogP contribution < -0.4 is 0 Å². The van der Waals surface area contributed by atoms with Crippen LogP contribution >= 0.6 is 0 Å². The predicted molar refractivity (Wildman–Crippen MR) is 109 cm³/mol. The van der Waals surface area contributed by atoms with E-state index in [9.17, 15) is 12.8 Å². The standard InChI is InChI=1S/C23H17FN2O3S/c1-22-16-12-13-25-21(24)19(16)23(2,29-22)20-18(22)15-10-6-7-11-17(15)26(20)30(27,28)14-8-4-3-5-9-14/h3-13H,1-2H3/t22-,23+/m1/s1. The molecule has 0 unspecified atom stereocenters. The number of nitrogens with zero attached hydrogens (tertiary/aromatic N) is 2.